The molecule has 1 aromatic carbocycles. The van der Waals surface area contributed by atoms with E-state index in [1.54, 1.807) is 0 Å². The topological polar surface area (TPSA) is 37.3 Å². The Labute approximate surface area is 94.0 Å². The van der Waals surface area contributed by atoms with Crippen LogP contribution in [-0.4, -0.2) is 17.3 Å². The number of rotatable bonds is 2. The highest BCUT2D eigenvalue weighted by Crippen LogP contribution is 2.36. The van der Waals surface area contributed by atoms with Crippen molar-refractivity contribution in [3.05, 3.63) is 40.9 Å². The van der Waals surface area contributed by atoms with E-state index in [0.29, 0.717) is 0 Å². The summed E-state index contributed by atoms with van der Waals surface area (Å²) in [7, 11) is 0. The number of hydrogen-bond donors (Lipinski definition) is 1. The largest absolute Gasteiger partial charge is 0.478 e. The molecule has 0 atom stereocenters. The summed E-state index contributed by atoms with van der Waals surface area (Å²) >= 11 is 5.57. The molecule has 0 bridgehead atoms. The van der Waals surface area contributed by atoms with Gasteiger partial charge >= 0.3 is 12.1 Å². The minimum Gasteiger partial charge on any atom is -0.478 e. The van der Waals surface area contributed by atoms with Crippen molar-refractivity contribution in [3.63, 3.8) is 0 Å². The molecular formula is C10H6ClF3O2. The Morgan fingerprint density at radius 1 is 1.31 bits per heavy atom. The average molecular weight is 251 g/mol. The quantitative estimate of drug-likeness (QED) is 0.817. The standard InChI is InChI=1S/C10H6ClF3O2/c11-8-4-2-1-3-6(8)7(5-9(15)16)10(12,13)14/h1-5H,(H,15,16)/b7-5+. The van der Waals surface area contributed by atoms with Gasteiger partial charge in [0.15, 0.2) is 0 Å². The summed E-state index contributed by atoms with van der Waals surface area (Å²) in [6, 6.07) is 5.19. The van der Waals surface area contributed by atoms with Crippen molar-refractivity contribution in [1.29, 1.82) is 0 Å². The van der Waals surface area contributed by atoms with E-state index in [1.165, 1.54) is 18.2 Å². The van der Waals surface area contributed by atoms with Crippen LogP contribution < -0.4 is 0 Å². The maximum Gasteiger partial charge on any atom is 0.417 e. The van der Waals surface area contributed by atoms with Crippen LogP contribution in [0.1, 0.15) is 5.56 Å². The summed E-state index contributed by atoms with van der Waals surface area (Å²) in [4.78, 5) is 10.3. The number of carboxylic acids is 1. The molecule has 0 aliphatic heterocycles. The Hall–Kier alpha value is -1.49. The van der Waals surface area contributed by atoms with E-state index in [9.17, 15) is 18.0 Å². The van der Waals surface area contributed by atoms with Gasteiger partial charge in [-0.25, -0.2) is 4.79 Å². The van der Waals surface area contributed by atoms with Crippen molar-refractivity contribution in [2.24, 2.45) is 0 Å². The zero-order chi connectivity index (χ0) is 12.3. The van der Waals surface area contributed by atoms with Crippen LogP contribution in [-0.2, 0) is 4.79 Å². The monoisotopic (exact) mass is 250 g/mol. The molecule has 0 amide bonds. The van der Waals surface area contributed by atoms with Gasteiger partial charge in [-0.2, -0.15) is 13.2 Å². The maximum atomic E-state index is 12.6. The highest BCUT2D eigenvalue weighted by atomic mass is 35.5. The average Bonchev–Trinajstić information content (AvgIpc) is 2.13. The van der Waals surface area contributed by atoms with Gasteiger partial charge in [-0.15, -0.1) is 0 Å². The number of allylic oxidation sites excluding steroid dienone is 1. The lowest BCUT2D eigenvalue weighted by atomic mass is 10.1. The minimum atomic E-state index is -4.76. The van der Waals surface area contributed by atoms with E-state index in [-0.39, 0.29) is 16.7 Å². The molecule has 0 unspecified atom stereocenters. The van der Waals surface area contributed by atoms with Crippen molar-refractivity contribution >= 4 is 23.1 Å². The molecule has 6 heteroatoms. The zero-order valence-electron chi connectivity index (χ0n) is 7.75. The van der Waals surface area contributed by atoms with Gasteiger partial charge in [0.25, 0.3) is 0 Å². The Morgan fingerprint density at radius 2 is 1.88 bits per heavy atom. The highest BCUT2D eigenvalue weighted by molar-refractivity contribution is 6.32. The molecule has 0 saturated heterocycles. The lowest BCUT2D eigenvalue weighted by Gasteiger charge is -2.12. The fourth-order valence-electron chi connectivity index (χ4n) is 1.12. The summed E-state index contributed by atoms with van der Waals surface area (Å²) in [5, 5.41) is 8.23. The summed E-state index contributed by atoms with van der Waals surface area (Å²) < 4.78 is 37.7. The first-order valence-corrected chi connectivity index (χ1v) is 4.47. The third-order valence-corrected chi connectivity index (χ3v) is 2.07. The zero-order valence-corrected chi connectivity index (χ0v) is 8.51. The molecule has 1 rings (SSSR count). The van der Waals surface area contributed by atoms with E-state index >= 15 is 0 Å². The van der Waals surface area contributed by atoms with Crippen LogP contribution in [0.25, 0.3) is 5.57 Å². The van der Waals surface area contributed by atoms with Crippen LogP contribution in [0.15, 0.2) is 30.3 Å². The van der Waals surface area contributed by atoms with Crippen LogP contribution in [0.2, 0.25) is 5.02 Å². The predicted molar refractivity (Wildman–Crippen MR) is 53.1 cm³/mol. The molecule has 2 nitrogen and oxygen atoms in total. The number of hydrogen-bond acceptors (Lipinski definition) is 1. The van der Waals surface area contributed by atoms with E-state index in [4.69, 9.17) is 16.7 Å². The van der Waals surface area contributed by atoms with Gasteiger partial charge < -0.3 is 5.11 Å². The fourth-order valence-corrected chi connectivity index (χ4v) is 1.35. The van der Waals surface area contributed by atoms with Crippen molar-refractivity contribution in [1.82, 2.24) is 0 Å². The van der Waals surface area contributed by atoms with Crippen LogP contribution >= 0.6 is 11.6 Å². The number of alkyl halides is 3. The summed E-state index contributed by atoms with van der Waals surface area (Å²) in [6.07, 6.45) is -4.66. The van der Waals surface area contributed by atoms with Gasteiger partial charge in [0.2, 0.25) is 0 Å². The number of halogens is 4. The Balaban J connectivity index is 3.34. The highest BCUT2D eigenvalue weighted by Gasteiger charge is 2.36. The molecule has 0 heterocycles. The van der Waals surface area contributed by atoms with Crippen LogP contribution in [0, 0.1) is 0 Å². The van der Waals surface area contributed by atoms with Gasteiger partial charge in [-0.05, 0) is 6.07 Å². The fraction of sp³-hybridized carbons (Fsp3) is 0.100. The third-order valence-electron chi connectivity index (χ3n) is 1.74. The van der Waals surface area contributed by atoms with E-state index in [0.717, 1.165) is 6.07 Å². The summed E-state index contributed by atoms with van der Waals surface area (Å²) in [6.45, 7) is 0. The van der Waals surface area contributed by atoms with E-state index in [1.807, 2.05) is 0 Å². The van der Waals surface area contributed by atoms with Gasteiger partial charge in [0, 0.05) is 16.7 Å². The van der Waals surface area contributed by atoms with Crippen LogP contribution in [0.3, 0.4) is 0 Å². The molecule has 0 aliphatic carbocycles. The number of aliphatic carboxylic acids is 1. The predicted octanol–water partition coefficient (Wildman–Crippen LogP) is 3.37. The molecule has 0 fully saturated rings. The Bertz CT molecular complexity index is 438. The maximum absolute atomic E-state index is 12.6. The number of benzene rings is 1. The minimum absolute atomic E-state index is 0.0984. The van der Waals surface area contributed by atoms with Crippen LogP contribution in [0.5, 0.6) is 0 Å². The second-order valence-corrected chi connectivity index (χ2v) is 3.28. The molecule has 0 saturated carbocycles. The van der Waals surface area contributed by atoms with Crippen molar-refractivity contribution in [2.45, 2.75) is 6.18 Å². The molecule has 86 valence electrons. The normalized spacial score (nSPS) is 12.6. The van der Waals surface area contributed by atoms with Gasteiger partial charge in [0.05, 0.1) is 5.57 Å². The number of carbonyl (C=O) groups is 1. The lowest BCUT2D eigenvalue weighted by Crippen LogP contribution is -2.12. The molecule has 0 spiro atoms. The molecule has 1 N–H and O–H groups in total. The summed E-state index contributed by atoms with van der Waals surface area (Å²) in [5.74, 6) is -1.67. The first kappa shape index (κ1) is 12.6. The van der Waals surface area contributed by atoms with Gasteiger partial charge in [-0.1, -0.05) is 29.8 Å². The third kappa shape index (κ3) is 3.00. The van der Waals surface area contributed by atoms with E-state index in [2.05, 4.69) is 0 Å². The second kappa shape index (κ2) is 4.57. The molecule has 1 aromatic rings. The Kier molecular flexibility index (Phi) is 3.59. The lowest BCUT2D eigenvalue weighted by molar-refractivity contribution is -0.131. The van der Waals surface area contributed by atoms with Crippen molar-refractivity contribution in [3.8, 4) is 0 Å². The van der Waals surface area contributed by atoms with Gasteiger partial charge in [0.1, 0.15) is 0 Å². The molecule has 0 aliphatic rings. The van der Waals surface area contributed by atoms with Crippen molar-refractivity contribution < 1.29 is 23.1 Å². The van der Waals surface area contributed by atoms with Crippen LogP contribution in [0.4, 0.5) is 13.2 Å². The molecule has 0 aromatic heterocycles. The number of carboxylic acid groups (broad SMARTS) is 1. The Morgan fingerprint density at radius 3 is 2.31 bits per heavy atom. The smallest absolute Gasteiger partial charge is 0.417 e. The summed E-state index contributed by atoms with van der Waals surface area (Å²) in [5.41, 5.74) is -1.62. The van der Waals surface area contributed by atoms with E-state index < -0.39 is 17.7 Å². The molecule has 16 heavy (non-hydrogen) atoms. The van der Waals surface area contributed by atoms with Crippen molar-refractivity contribution in [2.75, 3.05) is 0 Å². The second-order valence-electron chi connectivity index (χ2n) is 2.87. The first-order chi connectivity index (χ1) is 7.32. The molecule has 0 radical (unpaired) electrons. The first-order valence-electron chi connectivity index (χ1n) is 4.09. The SMILES string of the molecule is O=C(O)/C=C(\c1ccccc1Cl)C(F)(F)F. The molecular weight excluding hydrogens is 245 g/mol. The van der Waals surface area contributed by atoms with Gasteiger partial charge in [-0.3, -0.25) is 0 Å².